The summed E-state index contributed by atoms with van der Waals surface area (Å²) in [4.78, 5) is 32.3. The van der Waals surface area contributed by atoms with E-state index in [0.717, 1.165) is 0 Å². The molecule has 0 fully saturated rings. The first kappa shape index (κ1) is 14.2. The van der Waals surface area contributed by atoms with E-state index in [9.17, 15) is 14.4 Å². The molecule has 8 heteroatoms. The maximum atomic E-state index is 11.1. The zero-order valence-electron chi connectivity index (χ0n) is 8.73. The second-order valence-electron chi connectivity index (χ2n) is 3.10. The summed E-state index contributed by atoms with van der Waals surface area (Å²) in [6, 6.07) is -1.97. The highest BCUT2D eigenvalue weighted by Gasteiger charge is 2.21. The highest BCUT2D eigenvalue weighted by Crippen LogP contribution is 1.91. The molecule has 0 radical (unpaired) electrons. The van der Waals surface area contributed by atoms with E-state index in [1.165, 1.54) is 0 Å². The molecule has 0 aromatic heterocycles. The standard InChI is InChI=1S/C8H16N4O4/c9-2-1-3-11-8(16)12-5(7(14)15)4-6(10)13/h5H,1-4,9H2,(H2,10,13)(H,14,15)(H2,11,12,16). The zero-order valence-corrected chi connectivity index (χ0v) is 8.73. The van der Waals surface area contributed by atoms with Gasteiger partial charge in [-0.25, -0.2) is 9.59 Å². The number of carboxylic acid groups (broad SMARTS) is 1. The molecule has 1 unspecified atom stereocenters. The molecule has 0 spiro atoms. The number of nitrogens with two attached hydrogens (primary N) is 2. The molecule has 1 atom stereocenters. The van der Waals surface area contributed by atoms with Crippen LogP contribution in [0.3, 0.4) is 0 Å². The quantitative estimate of drug-likeness (QED) is 0.321. The largest absolute Gasteiger partial charge is 0.480 e. The smallest absolute Gasteiger partial charge is 0.326 e. The van der Waals surface area contributed by atoms with Crippen molar-refractivity contribution in [2.24, 2.45) is 11.5 Å². The Morgan fingerprint density at radius 1 is 1.31 bits per heavy atom. The molecule has 0 bridgehead atoms. The molecule has 0 heterocycles. The lowest BCUT2D eigenvalue weighted by Gasteiger charge is -2.13. The number of carbonyl (C=O) groups is 3. The topological polar surface area (TPSA) is 148 Å². The lowest BCUT2D eigenvalue weighted by Crippen LogP contribution is -2.47. The van der Waals surface area contributed by atoms with Crippen LogP contribution in [0.1, 0.15) is 12.8 Å². The van der Waals surface area contributed by atoms with Gasteiger partial charge >= 0.3 is 12.0 Å². The van der Waals surface area contributed by atoms with Gasteiger partial charge in [0.2, 0.25) is 5.91 Å². The van der Waals surface area contributed by atoms with Gasteiger partial charge in [-0.3, -0.25) is 4.79 Å². The van der Waals surface area contributed by atoms with Crippen LogP contribution in [0.2, 0.25) is 0 Å². The summed E-state index contributed by atoms with van der Waals surface area (Å²) >= 11 is 0. The number of carbonyl (C=O) groups excluding carboxylic acids is 2. The third-order valence-electron chi connectivity index (χ3n) is 1.68. The van der Waals surface area contributed by atoms with Gasteiger partial charge in [0, 0.05) is 6.54 Å². The number of nitrogens with one attached hydrogen (secondary N) is 2. The molecule has 0 rings (SSSR count). The maximum absolute atomic E-state index is 11.1. The molecule has 0 saturated carbocycles. The number of amides is 3. The van der Waals surface area contributed by atoms with Crippen LogP contribution < -0.4 is 22.1 Å². The van der Waals surface area contributed by atoms with Crippen molar-refractivity contribution in [2.75, 3.05) is 13.1 Å². The predicted molar refractivity (Wildman–Crippen MR) is 55.4 cm³/mol. The summed E-state index contributed by atoms with van der Waals surface area (Å²) in [5, 5.41) is 13.2. The van der Waals surface area contributed by atoms with Gasteiger partial charge in [0.15, 0.2) is 0 Å². The van der Waals surface area contributed by atoms with E-state index in [4.69, 9.17) is 16.6 Å². The van der Waals surface area contributed by atoms with Crippen molar-refractivity contribution in [3.63, 3.8) is 0 Å². The lowest BCUT2D eigenvalue weighted by molar-refractivity contribution is -0.140. The van der Waals surface area contributed by atoms with Crippen molar-refractivity contribution in [3.05, 3.63) is 0 Å². The average molecular weight is 232 g/mol. The van der Waals surface area contributed by atoms with E-state index < -0.39 is 30.4 Å². The molecule has 16 heavy (non-hydrogen) atoms. The van der Waals surface area contributed by atoms with E-state index in [1.54, 1.807) is 0 Å². The van der Waals surface area contributed by atoms with Gasteiger partial charge in [0.25, 0.3) is 0 Å². The van der Waals surface area contributed by atoms with Gasteiger partial charge in [0.1, 0.15) is 6.04 Å². The van der Waals surface area contributed by atoms with Crippen molar-refractivity contribution in [1.82, 2.24) is 10.6 Å². The normalized spacial score (nSPS) is 11.6. The fraction of sp³-hybridized carbons (Fsp3) is 0.625. The predicted octanol–water partition coefficient (Wildman–Crippen LogP) is -2.04. The van der Waals surface area contributed by atoms with Gasteiger partial charge in [0.05, 0.1) is 6.42 Å². The highest BCUT2D eigenvalue weighted by atomic mass is 16.4. The van der Waals surface area contributed by atoms with Crippen LogP contribution in [0.5, 0.6) is 0 Å². The summed E-state index contributed by atoms with van der Waals surface area (Å²) in [6.45, 7) is 0.759. The summed E-state index contributed by atoms with van der Waals surface area (Å²) in [7, 11) is 0. The SMILES string of the molecule is NCCCNC(=O)NC(CC(N)=O)C(=O)O. The number of rotatable bonds is 7. The minimum absolute atomic E-state index is 0.339. The number of aliphatic carboxylic acids is 1. The van der Waals surface area contributed by atoms with Gasteiger partial charge in [-0.15, -0.1) is 0 Å². The minimum atomic E-state index is -1.31. The first-order chi connectivity index (χ1) is 7.47. The number of primary amides is 1. The Bertz CT molecular complexity index is 269. The number of urea groups is 1. The average Bonchev–Trinajstić information content (AvgIpc) is 2.16. The molecule has 0 aliphatic carbocycles. The van der Waals surface area contributed by atoms with Gasteiger partial charge < -0.3 is 27.2 Å². The molecule has 8 nitrogen and oxygen atoms in total. The van der Waals surface area contributed by atoms with Gasteiger partial charge in [-0.1, -0.05) is 0 Å². The van der Waals surface area contributed by atoms with E-state index in [2.05, 4.69) is 10.6 Å². The molecule has 0 aliphatic rings. The molecule has 0 aromatic carbocycles. The third kappa shape index (κ3) is 6.60. The van der Waals surface area contributed by atoms with Crippen molar-refractivity contribution in [2.45, 2.75) is 18.9 Å². The molecule has 0 aliphatic heterocycles. The monoisotopic (exact) mass is 232 g/mol. The van der Waals surface area contributed by atoms with Crippen LogP contribution in [0.15, 0.2) is 0 Å². The zero-order chi connectivity index (χ0) is 12.6. The Hall–Kier alpha value is -1.83. The van der Waals surface area contributed by atoms with E-state index >= 15 is 0 Å². The van der Waals surface area contributed by atoms with Crippen LogP contribution in [0, 0.1) is 0 Å². The first-order valence-corrected chi connectivity index (χ1v) is 4.73. The Kier molecular flexibility index (Phi) is 6.61. The lowest BCUT2D eigenvalue weighted by atomic mass is 10.2. The summed E-state index contributed by atoms with van der Waals surface area (Å²) < 4.78 is 0. The molecule has 0 saturated heterocycles. The summed E-state index contributed by atoms with van der Waals surface area (Å²) in [5.74, 6) is -2.11. The molecule has 3 amide bonds. The number of hydrogen-bond donors (Lipinski definition) is 5. The fourth-order valence-electron chi connectivity index (χ4n) is 0.915. The van der Waals surface area contributed by atoms with Crippen molar-refractivity contribution < 1.29 is 19.5 Å². The number of carboxylic acids is 1. The minimum Gasteiger partial charge on any atom is -0.480 e. The molecule has 0 aromatic rings. The van der Waals surface area contributed by atoms with E-state index in [0.29, 0.717) is 19.5 Å². The van der Waals surface area contributed by atoms with Crippen molar-refractivity contribution >= 4 is 17.9 Å². The summed E-state index contributed by atoms with van der Waals surface area (Å²) in [6.07, 6.45) is 0.140. The first-order valence-electron chi connectivity index (χ1n) is 4.73. The highest BCUT2D eigenvalue weighted by molar-refractivity contribution is 5.87. The van der Waals surface area contributed by atoms with Crippen LogP contribution in [-0.2, 0) is 9.59 Å². The Morgan fingerprint density at radius 2 is 1.94 bits per heavy atom. The van der Waals surface area contributed by atoms with Gasteiger partial charge in [-0.05, 0) is 13.0 Å². The van der Waals surface area contributed by atoms with Crippen LogP contribution in [-0.4, -0.2) is 42.1 Å². The molecular formula is C8H16N4O4. The third-order valence-corrected chi connectivity index (χ3v) is 1.68. The van der Waals surface area contributed by atoms with Crippen molar-refractivity contribution in [3.8, 4) is 0 Å². The summed E-state index contributed by atoms with van der Waals surface area (Å²) in [5.41, 5.74) is 10.0. The fourth-order valence-corrected chi connectivity index (χ4v) is 0.915. The van der Waals surface area contributed by atoms with Crippen molar-refractivity contribution in [1.29, 1.82) is 0 Å². The molecule has 92 valence electrons. The van der Waals surface area contributed by atoms with E-state index in [-0.39, 0.29) is 0 Å². The maximum Gasteiger partial charge on any atom is 0.326 e. The van der Waals surface area contributed by atoms with Crippen LogP contribution in [0.25, 0.3) is 0 Å². The Labute approximate surface area is 92.4 Å². The van der Waals surface area contributed by atoms with E-state index in [1.807, 2.05) is 0 Å². The van der Waals surface area contributed by atoms with Crippen LogP contribution >= 0.6 is 0 Å². The Balaban J connectivity index is 4.03. The second-order valence-corrected chi connectivity index (χ2v) is 3.10. The van der Waals surface area contributed by atoms with Gasteiger partial charge in [-0.2, -0.15) is 0 Å². The molecule has 7 N–H and O–H groups in total. The second kappa shape index (κ2) is 7.46. The van der Waals surface area contributed by atoms with Crippen LogP contribution in [0.4, 0.5) is 4.79 Å². The molecular weight excluding hydrogens is 216 g/mol. The number of hydrogen-bond acceptors (Lipinski definition) is 4. The Morgan fingerprint density at radius 3 is 2.38 bits per heavy atom.